The SMILES string of the molecule is Cn1cc(Nc2ncc3cnn(Cc4c(F)cccc4F)c3n2)cn1. The van der Waals surface area contributed by atoms with Gasteiger partial charge in [0.1, 0.15) is 11.6 Å². The predicted octanol–water partition coefficient (Wildman–Crippen LogP) is 2.63. The second kappa shape index (κ2) is 5.93. The summed E-state index contributed by atoms with van der Waals surface area (Å²) in [7, 11) is 1.80. The Labute approximate surface area is 140 Å². The van der Waals surface area contributed by atoms with E-state index in [0.717, 1.165) is 5.69 Å². The second-order valence-corrected chi connectivity index (χ2v) is 5.50. The fourth-order valence-corrected chi connectivity index (χ4v) is 2.49. The van der Waals surface area contributed by atoms with Gasteiger partial charge in [0.15, 0.2) is 5.65 Å². The van der Waals surface area contributed by atoms with Crippen LogP contribution in [0.3, 0.4) is 0 Å². The molecule has 0 aliphatic rings. The first-order valence-corrected chi connectivity index (χ1v) is 7.47. The maximum atomic E-state index is 13.9. The third-order valence-corrected chi connectivity index (χ3v) is 3.71. The van der Waals surface area contributed by atoms with Crippen LogP contribution in [0.15, 0.2) is 43.0 Å². The third-order valence-electron chi connectivity index (χ3n) is 3.71. The first kappa shape index (κ1) is 15.2. The molecule has 7 nitrogen and oxygen atoms in total. The Morgan fingerprint density at radius 1 is 1.08 bits per heavy atom. The zero-order valence-corrected chi connectivity index (χ0v) is 13.2. The molecule has 4 aromatic rings. The monoisotopic (exact) mass is 341 g/mol. The molecule has 126 valence electrons. The minimum Gasteiger partial charge on any atom is -0.321 e. The first-order valence-electron chi connectivity index (χ1n) is 7.47. The number of halogens is 2. The molecule has 0 aliphatic heterocycles. The van der Waals surface area contributed by atoms with Gasteiger partial charge >= 0.3 is 0 Å². The van der Waals surface area contributed by atoms with Crippen molar-refractivity contribution >= 4 is 22.7 Å². The van der Waals surface area contributed by atoms with E-state index in [4.69, 9.17) is 0 Å². The van der Waals surface area contributed by atoms with Crippen LogP contribution in [-0.2, 0) is 13.6 Å². The minimum absolute atomic E-state index is 0.0621. The maximum Gasteiger partial charge on any atom is 0.229 e. The van der Waals surface area contributed by atoms with Crippen LogP contribution in [0.1, 0.15) is 5.56 Å². The molecule has 1 aromatic carbocycles. The summed E-state index contributed by atoms with van der Waals surface area (Å²) < 4.78 is 30.8. The molecule has 0 aliphatic carbocycles. The molecule has 9 heteroatoms. The molecule has 0 amide bonds. The lowest BCUT2D eigenvalue weighted by Crippen LogP contribution is -2.07. The number of benzene rings is 1. The van der Waals surface area contributed by atoms with Crippen molar-refractivity contribution in [2.45, 2.75) is 6.54 Å². The summed E-state index contributed by atoms with van der Waals surface area (Å²) in [6, 6.07) is 3.76. The zero-order chi connectivity index (χ0) is 17.4. The molecule has 1 N–H and O–H groups in total. The molecule has 4 rings (SSSR count). The van der Waals surface area contributed by atoms with Crippen LogP contribution in [0.2, 0.25) is 0 Å². The maximum absolute atomic E-state index is 13.9. The van der Waals surface area contributed by atoms with E-state index in [1.54, 1.807) is 36.5 Å². The number of aryl methyl sites for hydroxylation is 1. The van der Waals surface area contributed by atoms with Crippen LogP contribution in [0, 0.1) is 11.6 Å². The molecule has 0 bridgehead atoms. The fourth-order valence-electron chi connectivity index (χ4n) is 2.49. The van der Waals surface area contributed by atoms with Gasteiger partial charge in [-0.15, -0.1) is 0 Å². The lowest BCUT2D eigenvalue weighted by Gasteiger charge is -2.07. The number of hydrogen-bond acceptors (Lipinski definition) is 5. The fraction of sp³-hybridized carbons (Fsp3) is 0.125. The van der Waals surface area contributed by atoms with Crippen LogP contribution in [0.4, 0.5) is 20.4 Å². The van der Waals surface area contributed by atoms with Crippen LogP contribution >= 0.6 is 0 Å². The summed E-state index contributed by atoms with van der Waals surface area (Å²) in [5.41, 5.74) is 1.14. The highest BCUT2D eigenvalue weighted by Crippen LogP contribution is 2.19. The quantitative estimate of drug-likeness (QED) is 0.618. The van der Waals surface area contributed by atoms with Crippen LogP contribution in [-0.4, -0.2) is 29.5 Å². The standard InChI is InChI=1S/C16H13F2N7/c1-24-8-11(7-20-24)22-16-19-5-10-6-21-25(15(10)23-16)9-12-13(17)3-2-4-14(12)18/h2-8H,9H2,1H3,(H,19,22,23). The van der Waals surface area contributed by atoms with Crippen molar-refractivity contribution in [1.82, 2.24) is 29.5 Å². The minimum atomic E-state index is -0.619. The third kappa shape index (κ3) is 2.91. The Morgan fingerprint density at radius 3 is 2.60 bits per heavy atom. The topological polar surface area (TPSA) is 73.5 Å². The number of rotatable bonds is 4. The van der Waals surface area contributed by atoms with Gasteiger partial charge in [-0.05, 0) is 12.1 Å². The van der Waals surface area contributed by atoms with Gasteiger partial charge in [-0.3, -0.25) is 4.68 Å². The summed E-state index contributed by atoms with van der Waals surface area (Å²) in [4.78, 5) is 8.60. The number of nitrogens with zero attached hydrogens (tertiary/aromatic N) is 6. The van der Waals surface area contributed by atoms with Crippen molar-refractivity contribution in [2.24, 2.45) is 7.05 Å². The van der Waals surface area contributed by atoms with E-state index >= 15 is 0 Å². The Bertz CT molecular complexity index is 1030. The van der Waals surface area contributed by atoms with Gasteiger partial charge in [-0.2, -0.15) is 15.2 Å². The molecule has 0 spiro atoms. The Hall–Kier alpha value is -3.36. The van der Waals surface area contributed by atoms with Crippen LogP contribution in [0.5, 0.6) is 0 Å². The van der Waals surface area contributed by atoms with Gasteiger partial charge in [0.25, 0.3) is 0 Å². The van der Waals surface area contributed by atoms with Crippen molar-refractivity contribution in [2.75, 3.05) is 5.32 Å². The summed E-state index contributed by atoms with van der Waals surface area (Å²) in [5.74, 6) is -0.894. The van der Waals surface area contributed by atoms with Crippen molar-refractivity contribution in [3.63, 3.8) is 0 Å². The summed E-state index contributed by atoms with van der Waals surface area (Å²) in [5, 5.41) is 11.9. The zero-order valence-electron chi connectivity index (χ0n) is 13.2. The van der Waals surface area contributed by atoms with E-state index in [9.17, 15) is 8.78 Å². The Morgan fingerprint density at radius 2 is 1.88 bits per heavy atom. The number of fused-ring (bicyclic) bond motifs is 1. The summed E-state index contributed by atoms with van der Waals surface area (Å²) >= 11 is 0. The highest BCUT2D eigenvalue weighted by Gasteiger charge is 2.13. The smallest absolute Gasteiger partial charge is 0.229 e. The van der Waals surface area contributed by atoms with Crippen LogP contribution in [0.25, 0.3) is 11.0 Å². The number of aromatic nitrogens is 6. The molecular formula is C16H13F2N7. The molecule has 0 saturated carbocycles. The van der Waals surface area contributed by atoms with Gasteiger partial charge in [0.2, 0.25) is 5.95 Å². The average molecular weight is 341 g/mol. The molecule has 25 heavy (non-hydrogen) atoms. The Balaban J connectivity index is 1.69. The largest absolute Gasteiger partial charge is 0.321 e. The van der Waals surface area contributed by atoms with Crippen molar-refractivity contribution in [1.29, 1.82) is 0 Å². The molecule has 0 unspecified atom stereocenters. The Kier molecular flexibility index (Phi) is 3.60. The van der Waals surface area contributed by atoms with E-state index in [-0.39, 0.29) is 12.1 Å². The average Bonchev–Trinajstić information content (AvgIpc) is 3.17. The predicted molar refractivity (Wildman–Crippen MR) is 87.3 cm³/mol. The van der Waals surface area contributed by atoms with E-state index < -0.39 is 11.6 Å². The van der Waals surface area contributed by atoms with Crippen molar-refractivity contribution in [3.05, 3.63) is 60.2 Å². The molecular weight excluding hydrogens is 328 g/mol. The van der Waals surface area contributed by atoms with E-state index in [1.807, 2.05) is 0 Å². The van der Waals surface area contributed by atoms with Crippen LogP contribution < -0.4 is 5.32 Å². The van der Waals surface area contributed by atoms with Gasteiger partial charge < -0.3 is 5.32 Å². The summed E-state index contributed by atoms with van der Waals surface area (Å²) in [6.45, 7) is -0.0641. The van der Waals surface area contributed by atoms with Gasteiger partial charge in [0, 0.05) is 25.0 Å². The molecule has 3 aromatic heterocycles. The van der Waals surface area contributed by atoms with Crippen molar-refractivity contribution in [3.8, 4) is 0 Å². The van der Waals surface area contributed by atoms with Gasteiger partial charge in [0.05, 0.1) is 30.0 Å². The molecule has 0 atom stereocenters. The van der Waals surface area contributed by atoms with E-state index in [2.05, 4.69) is 25.5 Å². The highest BCUT2D eigenvalue weighted by atomic mass is 19.1. The number of hydrogen-bond donors (Lipinski definition) is 1. The lowest BCUT2D eigenvalue weighted by atomic mass is 10.2. The molecule has 0 radical (unpaired) electrons. The van der Waals surface area contributed by atoms with Crippen molar-refractivity contribution < 1.29 is 8.78 Å². The summed E-state index contributed by atoms with van der Waals surface area (Å²) in [6.07, 6.45) is 6.57. The molecule has 0 saturated heterocycles. The number of nitrogens with one attached hydrogen (secondary N) is 1. The van der Waals surface area contributed by atoms with E-state index in [0.29, 0.717) is 17.0 Å². The molecule has 3 heterocycles. The number of anilines is 2. The van der Waals surface area contributed by atoms with Gasteiger partial charge in [-0.25, -0.2) is 18.4 Å². The second-order valence-electron chi connectivity index (χ2n) is 5.50. The first-order chi connectivity index (χ1) is 12.1. The van der Waals surface area contributed by atoms with Gasteiger partial charge in [-0.1, -0.05) is 6.07 Å². The highest BCUT2D eigenvalue weighted by molar-refractivity contribution is 5.75. The normalized spacial score (nSPS) is 11.2. The lowest BCUT2D eigenvalue weighted by molar-refractivity contribution is 0.536. The molecule has 0 fully saturated rings. The van der Waals surface area contributed by atoms with E-state index in [1.165, 1.54) is 22.9 Å².